The van der Waals surface area contributed by atoms with E-state index in [9.17, 15) is 14.6 Å². The summed E-state index contributed by atoms with van der Waals surface area (Å²) >= 11 is 17.3. The molecular weight excluding hydrogens is 404 g/mol. The van der Waals surface area contributed by atoms with E-state index in [1.807, 2.05) is 0 Å². The lowest BCUT2D eigenvalue weighted by atomic mass is 9.96. The topological polar surface area (TPSA) is 75.7 Å². The van der Waals surface area contributed by atoms with E-state index in [4.69, 9.17) is 45.3 Å². The minimum absolute atomic E-state index is 0.00313. The quantitative estimate of drug-likeness (QED) is 0.556. The molecule has 0 amide bonds. The maximum absolute atomic E-state index is 14.4. The molecule has 8 heteroatoms. The molecular formula is C18H19Cl3FNO3. The van der Waals surface area contributed by atoms with Crippen molar-refractivity contribution in [3.05, 3.63) is 63.4 Å². The largest absolute Gasteiger partial charge is 0.491 e. The molecule has 0 aliphatic carbocycles. The van der Waals surface area contributed by atoms with Crippen LogP contribution in [0.2, 0.25) is 10.0 Å². The average Bonchev–Trinajstić information content (AvgIpc) is 2.61. The second kappa shape index (κ2) is 9.74. The number of alkyl halides is 1. The van der Waals surface area contributed by atoms with Crippen molar-refractivity contribution >= 4 is 34.8 Å². The van der Waals surface area contributed by atoms with E-state index >= 15 is 0 Å². The molecule has 0 spiro atoms. The molecule has 2 aromatic rings. The summed E-state index contributed by atoms with van der Waals surface area (Å²) in [5, 5.41) is 20.7. The van der Waals surface area contributed by atoms with Crippen LogP contribution in [0.15, 0.2) is 36.4 Å². The third-order valence-electron chi connectivity index (χ3n) is 3.84. The van der Waals surface area contributed by atoms with Gasteiger partial charge in [-0.05, 0) is 36.2 Å². The van der Waals surface area contributed by atoms with Crippen LogP contribution in [-0.2, 0) is 0 Å². The summed E-state index contributed by atoms with van der Waals surface area (Å²) in [6.45, 7) is -0.00313. The Labute approximate surface area is 166 Å². The lowest BCUT2D eigenvalue weighted by Crippen LogP contribution is -2.21. The number of nitrogens with two attached hydrogens (primary N) is 1. The Bertz CT molecular complexity index is 748. The molecule has 3 atom stereocenters. The zero-order chi connectivity index (χ0) is 19.3. The molecule has 0 aliphatic rings. The van der Waals surface area contributed by atoms with Crippen molar-refractivity contribution in [3.63, 3.8) is 0 Å². The smallest absolute Gasteiger partial charge is 0.132 e. The Morgan fingerprint density at radius 3 is 2.42 bits per heavy atom. The first-order chi connectivity index (χ1) is 12.3. The minimum Gasteiger partial charge on any atom is -0.491 e. The van der Waals surface area contributed by atoms with Crippen LogP contribution in [0.25, 0.3) is 0 Å². The van der Waals surface area contributed by atoms with Gasteiger partial charge in [0.05, 0.1) is 22.2 Å². The van der Waals surface area contributed by atoms with E-state index in [-0.39, 0.29) is 17.9 Å². The molecule has 0 bridgehead atoms. The molecule has 0 saturated carbocycles. The average molecular weight is 423 g/mol. The number of benzene rings is 2. The zero-order valence-corrected chi connectivity index (χ0v) is 16.0. The van der Waals surface area contributed by atoms with Gasteiger partial charge in [0.2, 0.25) is 0 Å². The molecule has 26 heavy (non-hydrogen) atoms. The van der Waals surface area contributed by atoms with Crippen LogP contribution in [0.1, 0.15) is 29.7 Å². The van der Waals surface area contributed by atoms with Crippen LogP contribution in [0.5, 0.6) is 5.75 Å². The summed E-state index contributed by atoms with van der Waals surface area (Å²) in [7, 11) is 0. The van der Waals surface area contributed by atoms with Gasteiger partial charge in [0.15, 0.2) is 0 Å². The SMILES string of the molecule is N[C@@H](c1ccc(Cl)c(Cl)c1)[C@H](O)c1ccc(OCC(O)CCCl)cc1F. The molecule has 0 aromatic heterocycles. The molecule has 0 saturated heterocycles. The second-order valence-corrected chi connectivity index (χ2v) is 6.96. The summed E-state index contributed by atoms with van der Waals surface area (Å²) in [6.07, 6.45) is -1.65. The van der Waals surface area contributed by atoms with Gasteiger partial charge in [-0.25, -0.2) is 4.39 Å². The number of aliphatic hydroxyl groups is 2. The Hall–Kier alpha value is -1.08. The molecule has 0 heterocycles. The van der Waals surface area contributed by atoms with E-state index in [1.54, 1.807) is 12.1 Å². The van der Waals surface area contributed by atoms with Crippen LogP contribution < -0.4 is 10.5 Å². The van der Waals surface area contributed by atoms with Gasteiger partial charge in [-0.1, -0.05) is 29.3 Å². The number of halogens is 4. The van der Waals surface area contributed by atoms with Crippen molar-refractivity contribution in [1.82, 2.24) is 0 Å². The van der Waals surface area contributed by atoms with Gasteiger partial charge in [0.1, 0.15) is 24.3 Å². The normalized spacial score (nSPS) is 14.7. The molecule has 4 N–H and O–H groups in total. The standard InChI is InChI=1S/C18H19Cl3FNO3/c19-6-5-11(24)9-26-12-2-3-13(16(22)8-12)18(25)17(23)10-1-4-14(20)15(21)7-10/h1-4,7-8,11,17-18,24-25H,5-6,9,23H2/t11?,17-,18+/m0/s1. The van der Waals surface area contributed by atoms with Crippen molar-refractivity contribution in [2.75, 3.05) is 12.5 Å². The maximum Gasteiger partial charge on any atom is 0.132 e. The number of rotatable bonds is 8. The third-order valence-corrected chi connectivity index (χ3v) is 4.80. The van der Waals surface area contributed by atoms with Crippen molar-refractivity contribution in [2.24, 2.45) is 5.73 Å². The van der Waals surface area contributed by atoms with E-state index in [2.05, 4.69) is 0 Å². The van der Waals surface area contributed by atoms with Gasteiger partial charge in [-0.2, -0.15) is 0 Å². The van der Waals surface area contributed by atoms with Gasteiger partial charge in [-0.15, -0.1) is 11.6 Å². The molecule has 0 radical (unpaired) electrons. The number of hydrogen-bond donors (Lipinski definition) is 3. The molecule has 1 unspecified atom stereocenters. The first-order valence-corrected chi connectivity index (χ1v) is 9.17. The van der Waals surface area contributed by atoms with Gasteiger partial charge in [0, 0.05) is 17.5 Å². The van der Waals surface area contributed by atoms with Crippen molar-refractivity contribution in [3.8, 4) is 5.75 Å². The molecule has 142 valence electrons. The highest BCUT2D eigenvalue weighted by atomic mass is 35.5. The monoisotopic (exact) mass is 421 g/mol. The van der Waals surface area contributed by atoms with Crippen LogP contribution in [-0.4, -0.2) is 28.8 Å². The first kappa shape index (κ1) is 21.2. The third kappa shape index (κ3) is 5.46. The van der Waals surface area contributed by atoms with E-state index in [0.717, 1.165) is 6.07 Å². The van der Waals surface area contributed by atoms with Crippen LogP contribution in [0.4, 0.5) is 4.39 Å². The summed E-state index contributed by atoms with van der Waals surface area (Å²) in [5.74, 6) is -0.135. The number of aliphatic hydroxyl groups excluding tert-OH is 2. The highest BCUT2D eigenvalue weighted by molar-refractivity contribution is 6.42. The highest BCUT2D eigenvalue weighted by Gasteiger charge is 2.23. The van der Waals surface area contributed by atoms with Crippen molar-refractivity contribution < 1.29 is 19.3 Å². The van der Waals surface area contributed by atoms with Crippen molar-refractivity contribution in [2.45, 2.75) is 24.7 Å². The highest BCUT2D eigenvalue weighted by Crippen LogP contribution is 2.33. The van der Waals surface area contributed by atoms with Gasteiger partial charge < -0.3 is 20.7 Å². The van der Waals surface area contributed by atoms with Crippen LogP contribution in [0, 0.1) is 5.82 Å². The molecule has 4 nitrogen and oxygen atoms in total. The summed E-state index contributed by atoms with van der Waals surface area (Å²) in [4.78, 5) is 0. The summed E-state index contributed by atoms with van der Waals surface area (Å²) in [6, 6.07) is 7.84. The fraction of sp³-hybridized carbons (Fsp3) is 0.333. The summed E-state index contributed by atoms with van der Waals surface area (Å²) < 4.78 is 19.7. The number of hydrogen-bond acceptors (Lipinski definition) is 4. The fourth-order valence-corrected chi connectivity index (χ4v) is 2.89. The van der Waals surface area contributed by atoms with Gasteiger partial charge in [0.25, 0.3) is 0 Å². The van der Waals surface area contributed by atoms with E-state index in [0.29, 0.717) is 27.9 Å². The first-order valence-electron chi connectivity index (χ1n) is 7.88. The maximum atomic E-state index is 14.4. The van der Waals surface area contributed by atoms with E-state index in [1.165, 1.54) is 18.2 Å². The molecule has 2 rings (SSSR count). The number of ether oxygens (including phenoxy) is 1. The summed E-state index contributed by atoms with van der Waals surface area (Å²) in [5.41, 5.74) is 6.58. The Kier molecular flexibility index (Phi) is 7.95. The van der Waals surface area contributed by atoms with Gasteiger partial charge >= 0.3 is 0 Å². The predicted molar refractivity (Wildman–Crippen MR) is 102 cm³/mol. The molecule has 0 aliphatic heterocycles. The second-order valence-electron chi connectivity index (χ2n) is 5.77. The fourth-order valence-electron chi connectivity index (χ4n) is 2.33. The van der Waals surface area contributed by atoms with Crippen molar-refractivity contribution in [1.29, 1.82) is 0 Å². The Morgan fingerprint density at radius 2 is 1.81 bits per heavy atom. The van der Waals surface area contributed by atoms with Crippen LogP contribution in [0.3, 0.4) is 0 Å². The van der Waals surface area contributed by atoms with Gasteiger partial charge in [-0.3, -0.25) is 0 Å². The van der Waals surface area contributed by atoms with Crippen LogP contribution >= 0.6 is 34.8 Å². The molecule has 0 fully saturated rings. The molecule has 2 aromatic carbocycles. The lowest BCUT2D eigenvalue weighted by Gasteiger charge is -2.21. The Morgan fingerprint density at radius 1 is 1.08 bits per heavy atom. The zero-order valence-electron chi connectivity index (χ0n) is 13.7. The Balaban J connectivity index is 2.10. The lowest BCUT2D eigenvalue weighted by molar-refractivity contribution is 0.104. The predicted octanol–water partition coefficient (Wildman–Crippen LogP) is 4.23. The van der Waals surface area contributed by atoms with E-state index < -0.39 is 24.1 Å². The minimum atomic E-state index is -1.29.